The average molecular weight is 265 g/mol. The van der Waals surface area contributed by atoms with E-state index in [0.29, 0.717) is 24.6 Å². The molecule has 0 spiro atoms. The predicted octanol–water partition coefficient (Wildman–Crippen LogP) is 2.45. The quantitative estimate of drug-likeness (QED) is 0.912. The fourth-order valence-electron chi connectivity index (χ4n) is 2.60. The van der Waals surface area contributed by atoms with Gasteiger partial charge in [0.25, 0.3) is 5.91 Å². The molecule has 1 unspecified atom stereocenters. The molecule has 1 fully saturated rings. The maximum Gasteiger partial charge on any atom is 0.253 e. The molecule has 0 aromatic heterocycles. The number of halogens is 1. The van der Waals surface area contributed by atoms with Gasteiger partial charge in [-0.3, -0.25) is 4.79 Å². The van der Waals surface area contributed by atoms with Crippen LogP contribution in [0.4, 0.5) is 4.39 Å². The SMILES string of the molecule is CCC(O)C1CCN(C(=O)c2ccc(F)cc2)CC1. The zero-order valence-electron chi connectivity index (χ0n) is 11.2. The van der Waals surface area contributed by atoms with Gasteiger partial charge in [0.1, 0.15) is 5.82 Å². The zero-order chi connectivity index (χ0) is 13.8. The van der Waals surface area contributed by atoms with Crippen molar-refractivity contribution in [1.82, 2.24) is 4.90 Å². The summed E-state index contributed by atoms with van der Waals surface area (Å²) in [6.45, 7) is 3.30. The van der Waals surface area contributed by atoms with Crippen molar-refractivity contribution in [2.75, 3.05) is 13.1 Å². The highest BCUT2D eigenvalue weighted by Gasteiger charge is 2.26. The van der Waals surface area contributed by atoms with Crippen LogP contribution in [0.15, 0.2) is 24.3 Å². The molecular formula is C15H20FNO2. The van der Waals surface area contributed by atoms with Gasteiger partial charge in [0.15, 0.2) is 0 Å². The van der Waals surface area contributed by atoms with E-state index in [1.54, 1.807) is 4.90 Å². The van der Waals surface area contributed by atoms with Crippen molar-refractivity contribution in [3.63, 3.8) is 0 Å². The summed E-state index contributed by atoms with van der Waals surface area (Å²) in [7, 11) is 0. The Balaban J connectivity index is 1.94. The molecule has 1 amide bonds. The number of amides is 1. The normalized spacial score (nSPS) is 18.4. The molecule has 1 aliphatic rings. The summed E-state index contributed by atoms with van der Waals surface area (Å²) < 4.78 is 12.8. The molecule has 1 aromatic carbocycles. The lowest BCUT2D eigenvalue weighted by molar-refractivity contribution is 0.0453. The van der Waals surface area contributed by atoms with Gasteiger partial charge in [0, 0.05) is 18.7 Å². The minimum absolute atomic E-state index is 0.0514. The number of hydrogen-bond acceptors (Lipinski definition) is 2. The van der Waals surface area contributed by atoms with Crippen molar-refractivity contribution in [3.05, 3.63) is 35.6 Å². The third-order valence-electron chi connectivity index (χ3n) is 3.88. The zero-order valence-corrected chi connectivity index (χ0v) is 11.2. The highest BCUT2D eigenvalue weighted by atomic mass is 19.1. The van der Waals surface area contributed by atoms with Gasteiger partial charge in [-0.2, -0.15) is 0 Å². The minimum Gasteiger partial charge on any atom is -0.393 e. The Hall–Kier alpha value is -1.42. The second-order valence-electron chi connectivity index (χ2n) is 5.11. The van der Waals surface area contributed by atoms with Crippen molar-refractivity contribution in [1.29, 1.82) is 0 Å². The van der Waals surface area contributed by atoms with Crippen LogP contribution in [0.2, 0.25) is 0 Å². The molecule has 0 aliphatic carbocycles. The fourth-order valence-corrected chi connectivity index (χ4v) is 2.60. The standard InChI is InChI=1S/C15H20FNO2/c1-2-14(18)11-7-9-17(10-8-11)15(19)12-3-5-13(16)6-4-12/h3-6,11,14,18H,2,7-10H2,1H3. The van der Waals surface area contributed by atoms with Crippen LogP contribution in [0.3, 0.4) is 0 Å². The molecule has 0 radical (unpaired) electrons. The molecule has 1 aromatic rings. The van der Waals surface area contributed by atoms with E-state index in [-0.39, 0.29) is 17.8 Å². The predicted molar refractivity (Wildman–Crippen MR) is 71.3 cm³/mol. The summed E-state index contributed by atoms with van der Waals surface area (Å²) in [4.78, 5) is 14.0. The van der Waals surface area contributed by atoms with Crippen LogP contribution in [-0.4, -0.2) is 35.1 Å². The monoisotopic (exact) mass is 265 g/mol. The molecule has 1 saturated heterocycles. The molecule has 1 heterocycles. The van der Waals surface area contributed by atoms with Crippen LogP contribution in [0, 0.1) is 11.7 Å². The van der Waals surface area contributed by atoms with E-state index in [9.17, 15) is 14.3 Å². The van der Waals surface area contributed by atoms with Gasteiger partial charge in [-0.25, -0.2) is 4.39 Å². The first-order chi connectivity index (χ1) is 9.11. The smallest absolute Gasteiger partial charge is 0.253 e. The van der Waals surface area contributed by atoms with Gasteiger partial charge in [0.2, 0.25) is 0 Å². The highest BCUT2D eigenvalue weighted by Crippen LogP contribution is 2.23. The van der Waals surface area contributed by atoms with E-state index in [0.717, 1.165) is 19.3 Å². The lowest BCUT2D eigenvalue weighted by Crippen LogP contribution is -2.41. The number of nitrogens with zero attached hydrogens (tertiary/aromatic N) is 1. The first-order valence-electron chi connectivity index (χ1n) is 6.84. The first kappa shape index (κ1) is 14.0. The van der Waals surface area contributed by atoms with E-state index in [1.165, 1.54) is 24.3 Å². The summed E-state index contributed by atoms with van der Waals surface area (Å²) in [6, 6.07) is 5.65. The third kappa shape index (κ3) is 3.32. The second kappa shape index (κ2) is 6.15. The Morgan fingerprint density at radius 2 is 1.95 bits per heavy atom. The highest BCUT2D eigenvalue weighted by molar-refractivity contribution is 5.94. The number of benzene rings is 1. The average Bonchev–Trinajstić information content (AvgIpc) is 2.46. The van der Waals surface area contributed by atoms with Crippen LogP contribution in [0.5, 0.6) is 0 Å². The second-order valence-corrected chi connectivity index (χ2v) is 5.11. The van der Waals surface area contributed by atoms with Crippen LogP contribution in [-0.2, 0) is 0 Å². The molecule has 0 saturated carbocycles. The van der Waals surface area contributed by atoms with Crippen LogP contribution >= 0.6 is 0 Å². The Morgan fingerprint density at radius 1 is 1.37 bits per heavy atom. The first-order valence-corrected chi connectivity index (χ1v) is 6.84. The van der Waals surface area contributed by atoms with E-state index in [1.807, 2.05) is 6.92 Å². The van der Waals surface area contributed by atoms with Crippen LogP contribution < -0.4 is 0 Å². The molecule has 1 atom stereocenters. The lowest BCUT2D eigenvalue weighted by Gasteiger charge is -2.34. The summed E-state index contributed by atoms with van der Waals surface area (Å²) >= 11 is 0. The van der Waals surface area contributed by atoms with E-state index in [2.05, 4.69) is 0 Å². The van der Waals surface area contributed by atoms with Gasteiger partial charge >= 0.3 is 0 Å². The molecule has 1 N–H and O–H groups in total. The number of carbonyl (C=O) groups is 1. The van der Waals surface area contributed by atoms with Crippen molar-refractivity contribution < 1.29 is 14.3 Å². The third-order valence-corrected chi connectivity index (χ3v) is 3.88. The van der Waals surface area contributed by atoms with Crippen LogP contribution in [0.1, 0.15) is 36.5 Å². The summed E-state index contributed by atoms with van der Waals surface area (Å²) in [5.41, 5.74) is 0.524. The lowest BCUT2D eigenvalue weighted by atomic mass is 9.90. The van der Waals surface area contributed by atoms with Crippen LogP contribution in [0.25, 0.3) is 0 Å². The van der Waals surface area contributed by atoms with Gasteiger partial charge in [-0.05, 0) is 49.4 Å². The molecule has 19 heavy (non-hydrogen) atoms. The molecular weight excluding hydrogens is 245 g/mol. The molecule has 1 aliphatic heterocycles. The van der Waals surface area contributed by atoms with Crippen molar-refractivity contribution in [2.24, 2.45) is 5.92 Å². The van der Waals surface area contributed by atoms with E-state index < -0.39 is 0 Å². The van der Waals surface area contributed by atoms with Gasteiger partial charge in [-0.1, -0.05) is 6.92 Å². The number of aliphatic hydroxyl groups excluding tert-OH is 1. The Kier molecular flexibility index (Phi) is 4.53. The summed E-state index contributed by atoms with van der Waals surface area (Å²) in [6.07, 6.45) is 2.17. The number of carbonyl (C=O) groups excluding carboxylic acids is 1. The molecule has 4 heteroatoms. The molecule has 3 nitrogen and oxygen atoms in total. The molecule has 2 rings (SSSR count). The number of likely N-dealkylation sites (tertiary alicyclic amines) is 1. The maximum atomic E-state index is 12.8. The minimum atomic E-state index is -0.332. The molecule has 0 bridgehead atoms. The van der Waals surface area contributed by atoms with E-state index >= 15 is 0 Å². The fraction of sp³-hybridized carbons (Fsp3) is 0.533. The van der Waals surface area contributed by atoms with Gasteiger partial charge in [0.05, 0.1) is 6.10 Å². The van der Waals surface area contributed by atoms with Crippen molar-refractivity contribution in [2.45, 2.75) is 32.3 Å². The van der Waals surface area contributed by atoms with Gasteiger partial charge in [-0.15, -0.1) is 0 Å². The summed E-state index contributed by atoms with van der Waals surface area (Å²) in [5.74, 6) is -0.0898. The Bertz CT molecular complexity index is 424. The maximum absolute atomic E-state index is 12.8. The largest absolute Gasteiger partial charge is 0.393 e. The van der Waals surface area contributed by atoms with Crippen molar-refractivity contribution >= 4 is 5.91 Å². The molecule has 104 valence electrons. The number of rotatable bonds is 3. The number of piperidine rings is 1. The number of aliphatic hydroxyl groups is 1. The van der Waals surface area contributed by atoms with Crippen molar-refractivity contribution in [3.8, 4) is 0 Å². The topological polar surface area (TPSA) is 40.5 Å². The Morgan fingerprint density at radius 3 is 2.47 bits per heavy atom. The number of hydrogen-bond donors (Lipinski definition) is 1. The Labute approximate surface area is 113 Å². The summed E-state index contributed by atoms with van der Waals surface area (Å²) in [5, 5.41) is 9.81. The van der Waals surface area contributed by atoms with Gasteiger partial charge < -0.3 is 10.0 Å². The van der Waals surface area contributed by atoms with E-state index in [4.69, 9.17) is 0 Å².